The molecular weight excluding hydrogens is 510 g/mol. The third-order valence-corrected chi connectivity index (χ3v) is 7.63. The van der Waals surface area contributed by atoms with E-state index in [0.717, 1.165) is 9.87 Å². The summed E-state index contributed by atoms with van der Waals surface area (Å²) in [6, 6.07) is 22.5. The van der Waals surface area contributed by atoms with Crippen LogP contribution in [0.1, 0.15) is 33.3 Å². The van der Waals surface area contributed by atoms with Gasteiger partial charge in [0, 0.05) is 17.1 Å². The lowest BCUT2D eigenvalue weighted by Crippen LogP contribution is -2.54. The molecule has 3 rings (SSSR count). The van der Waals surface area contributed by atoms with Gasteiger partial charge in [-0.3, -0.25) is 13.9 Å². The first-order chi connectivity index (χ1) is 17.4. The molecule has 2 amide bonds. The van der Waals surface area contributed by atoms with Crippen LogP contribution in [0.2, 0.25) is 5.02 Å². The Kier molecular flexibility index (Phi) is 8.99. The molecule has 7 nitrogen and oxygen atoms in total. The lowest BCUT2D eigenvalue weighted by atomic mass is 10.1. The Labute approximate surface area is 224 Å². The van der Waals surface area contributed by atoms with Crippen LogP contribution in [0, 0.1) is 0 Å². The first-order valence-corrected chi connectivity index (χ1v) is 13.7. The molecule has 0 fully saturated rings. The van der Waals surface area contributed by atoms with Crippen molar-refractivity contribution < 1.29 is 18.0 Å². The number of carbonyl (C=O) groups excluding carboxylic acids is 2. The van der Waals surface area contributed by atoms with E-state index in [-0.39, 0.29) is 23.0 Å². The fraction of sp³-hybridized carbons (Fsp3) is 0.286. The van der Waals surface area contributed by atoms with Gasteiger partial charge in [0.1, 0.15) is 12.6 Å². The van der Waals surface area contributed by atoms with Crippen LogP contribution in [0.25, 0.3) is 0 Å². The number of hydrogen-bond acceptors (Lipinski definition) is 4. The van der Waals surface area contributed by atoms with Crippen LogP contribution >= 0.6 is 11.6 Å². The molecule has 0 bridgehead atoms. The second-order valence-corrected chi connectivity index (χ2v) is 12.0. The molecule has 0 unspecified atom stereocenters. The fourth-order valence-electron chi connectivity index (χ4n) is 3.69. The maximum absolute atomic E-state index is 13.8. The van der Waals surface area contributed by atoms with E-state index in [1.807, 2.05) is 51.1 Å². The van der Waals surface area contributed by atoms with Crippen molar-refractivity contribution in [2.24, 2.45) is 0 Å². The van der Waals surface area contributed by atoms with E-state index in [0.29, 0.717) is 5.02 Å². The van der Waals surface area contributed by atoms with Crippen LogP contribution in [0.3, 0.4) is 0 Å². The van der Waals surface area contributed by atoms with Crippen molar-refractivity contribution in [3.63, 3.8) is 0 Å². The highest BCUT2D eigenvalue weighted by Gasteiger charge is 2.33. The summed E-state index contributed by atoms with van der Waals surface area (Å²) in [6.07, 6.45) is 0. The highest BCUT2D eigenvalue weighted by Crippen LogP contribution is 2.26. The molecule has 0 aliphatic carbocycles. The van der Waals surface area contributed by atoms with Gasteiger partial charge in [0.05, 0.1) is 10.6 Å². The molecule has 196 valence electrons. The van der Waals surface area contributed by atoms with Crippen molar-refractivity contribution >= 4 is 39.1 Å². The lowest BCUT2D eigenvalue weighted by molar-refractivity contribution is -0.140. The average molecular weight is 542 g/mol. The Hall–Kier alpha value is -3.36. The van der Waals surface area contributed by atoms with Gasteiger partial charge in [0.15, 0.2) is 0 Å². The zero-order valence-electron chi connectivity index (χ0n) is 21.4. The molecule has 0 saturated heterocycles. The van der Waals surface area contributed by atoms with Gasteiger partial charge in [-0.05, 0) is 69.7 Å². The molecule has 3 aromatic rings. The first-order valence-electron chi connectivity index (χ1n) is 11.9. The lowest BCUT2D eigenvalue weighted by Gasteiger charge is -2.33. The van der Waals surface area contributed by atoms with Gasteiger partial charge >= 0.3 is 0 Å². The van der Waals surface area contributed by atoms with Crippen molar-refractivity contribution in [2.75, 3.05) is 10.8 Å². The Morgan fingerprint density at radius 3 is 1.97 bits per heavy atom. The SMILES string of the molecule is C[C@@H](C(=O)NC(C)(C)C)N(Cc1ccccc1)C(=O)CN(c1ccc(Cl)cc1)S(=O)(=O)c1ccccc1. The summed E-state index contributed by atoms with van der Waals surface area (Å²) in [5.74, 6) is -0.851. The minimum Gasteiger partial charge on any atom is -0.350 e. The van der Waals surface area contributed by atoms with Crippen LogP contribution in [-0.2, 0) is 26.2 Å². The molecule has 0 saturated carbocycles. The molecule has 0 aliphatic rings. The van der Waals surface area contributed by atoms with Gasteiger partial charge in [-0.25, -0.2) is 8.42 Å². The quantitative estimate of drug-likeness (QED) is 0.419. The Morgan fingerprint density at radius 1 is 0.892 bits per heavy atom. The highest BCUT2D eigenvalue weighted by atomic mass is 35.5. The zero-order chi connectivity index (χ0) is 27.2. The number of rotatable bonds is 9. The number of halogens is 1. The molecule has 0 aromatic heterocycles. The number of sulfonamides is 1. The Bertz CT molecular complexity index is 1310. The average Bonchev–Trinajstić information content (AvgIpc) is 2.86. The largest absolute Gasteiger partial charge is 0.350 e. The number of benzene rings is 3. The minimum atomic E-state index is -4.10. The smallest absolute Gasteiger partial charge is 0.264 e. The van der Waals surface area contributed by atoms with Crippen LogP contribution in [0.15, 0.2) is 89.8 Å². The molecule has 0 spiro atoms. The predicted octanol–water partition coefficient (Wildman–Crippen LogP) is 4.87. The maximum Gasteiger partial charge on any atom is 0.264 e. The number of hydrogen-bond donors (Lipinski definition) is 1. The van der Waals surface area contributed by atoms with Gasteiger partial charge < -0.3 is 10.2 Å². The van der Waals surface area contributed by atoms with E-state index < -0.39 is 34.1 Å². The second-order valence-electron chi connectivity index (χ2n) is 9.72. The standard InChI is InChI=1S/C28H32ClN3O4S/c1-21(27(34)30-28(2,3)4)31(19-22-11-7-5-8-12-22)26(33)20-32(24-17-15-23(29)16-18-24)37(35,36)25-13-9-6-10-14-25/h5-18,21H,19-20H2,1-4H3,(H,30,34)/t21-/m0/s1. The molecule has 1 N–H and O–H groups in total. The van der Waals surface area contributed by atoms with Gasteiger partial charge in [-0.2, -0.15) is 0 Å². The number of nitrogens with zero attached hydrogens (tertiary/aromatic N) is 2. The third-order valence-electron chi connectivity index (χ3n) is 5.59. The molecule has 37 heavy (non-hydrogen) atoms. The van der Waals surface area contributed by atoms with Crippen molar-refractivity contribution in [3.8, 4) is 0 Å². The summed E-state index contributed by atoms with van der Waals surface area (Å²) in [4.78, 5) is 28.3. The molecule has 0 aliphatic heterocycles. The minimum absolute atomic E-state index is 0.0471. The van der Waals surface area contributed by atoms with Gasteiger partial charge in [-0.1, -0.05) is 60.1 Å². The number of anilines is 1. The molecule has 3 aromatic carbocycles. The van der Waals surface area contributed by atoms with E-state index in [2.05, 4.69) is 5.32 Å². The molecule has 1 atom stereocenters. The summed E-state index contributed by atoms with van der Waals surface area (Å²) in [5.41, 5.74) is 0.599. The van der Waals surface area contributed by atoms with Crippen LogP contribution in [0.5, 0.6) is 0 Å². The summed E-state index contributed by atoms with van der Waals surface area (Å²) in [5, 5.41) is 3.34. The van der Waals surface area contributed by atoms with Crippen LogP contribution in [-0.4, -0.2) is 43.3 Å². The normalized spacial score (nSPS) is 12.5. The number of amides is 2. The van der Waals surface area contributed by atoms with E-state index in [4.69, 9.17) is 11.6 Å². The number of nitrogens with one attached hydrogen (secondary N) is 1. The van der Waals surface area contributed by atoms with Gasteiger partial charge in [0.25, 0.3) is 10.0 Å². The van der Waals surface area contributed by atoms with Crippen molar-refractivity contribution in [3.05, 3.63) is 95.5 Å². The van der Waals surface area contributed by atoms with Gasteiger partial charge in [-0.15, -0.1) is 0 Å². The molecule has 0 radical (unpaired) electrons. The second kappa shape index (κ2) is 11.8. The Balaban J connectivity index is 2.00. The van der Waals surface area contributed by atoms with E-state index >= 15 is 0 Å². The van der Waals surface area contributed by atoms with E-state index in [1.165, 1.54) is 17.0 Å². The Morgan fingerprint density at radius 2 is 1.43 bits per heavy atom. The summed E-state index contributed by atoms with van der Waals surface area (Å²) >= 11 is 6.04. The zero-order valence-corrected chi connectivity index (χ0v) is 23.0. The monoisotopic (exact) mass is 541 g/mol. The van der Waals surface area contributed by atoms with Crippen LogP contribution in [0.4, 0.5) is 5.69 Å². The van der Waals surface area contributed by atoms with E-state index in [9.17, 15) is 18.0 Å². The predicted molar refractivity (Wildman–Crippen MR) is 147 cm³/mol. The van der Waals surface area contributed by atoms with E-state index in [1.54, 1.807) is 49.4 Å². The first kappa shape index (κ1) is 28.2. The number of carbonyl (C=O) groups is 2. The summed E-state index contributed by atoms with van der Waals surface area (Å²) in [7, 11) is -4.10. The fourth-order valence-corrected chi connectivity index (χ4v) is 5.25. The molecule has 9 heteroatoms. The topological polar surface area (TPSA) is 86.8 Å². The van der Waals surface area contributed by atoms with Crippen molar-refractivity contribution in [1.29, 1.82) is 0 Å². The molecule has 0 heterocycles. The highest BCUT2D eigenvalue weighted by molar-refractivity contribution is 7.92. The maximum atomic E-state index is 13.8. The molecular formula is C28H32ClN3O4S. The summed E-state index contributed by atoms with van der Waals surface area (Å²) in [6.45, 7) is 6.85. The van der Waals surface area contributed by atoms with Crippen molar-refractivity contribution in [1.82, 2.24) is 10.2 Å². The third kappa shape index (κ3) is 7.57. The summed E-state index contributed by atoms with van der Waals surface area (Å²) < 4.78 is 28.4. The van der Waals surface area contributed by atoms with Gasteiger partial charge in [0.2, 0.25) is 11.8 Å². The van der Waals surface area contributed by atoms with Crippen LogP contribution < -0.4 is 9.62 Å². The van der Waals surface area contributed by atoms with Crippen molar-refractivity contribution in [2.45, 2.75) is 50.7 Å².